The number of hydrogen-bond acceptors (Lipinski definition) is 4. The quantitative estimate of drug-likeness (QED) is 0.261. The van der Waals surface area contributed by atoms with Gasteiger partial charge in [-0.2, -0.15) is 0 Å². The fourth-order valence-corrected chi connectivity index (χ4v) is 5.54. The van der Waals surface area contributed by atoms with Crippen molar-refractivity contribution in [2.24, 2.45) is 0 Å². The van der Waals surface area contributed by atoms with Crippen LogP contribution in [0, 0.1) is 0 Å². The van der Waals surface area contributed by atoms with E-state index in [0.717, 1.165) is 33.9 Å². The highest BCUT2D eigenvalue weighted by Gasteiger charge is 2.36. The van der Waals surface area contributed by atoms with E-state index in [9.17, 15) is 9.59 Å². The van der Waals surface area contributed by atoms with Crippen LogP contribution in [0.15, 0.2) is 133 Å². The first kappa shape index (κ1) is 23.7. The zero-order valence-corrected chi connectivity index (χ0v) is 21.6. The zero-order valence-electron chi connectivity index (χ0n) is 21.6. The van der Waals surface area contributed by atoms with Crippen molar-refractivity contribution in [1.29, 1.82) is 0 Å². The molecule has 0 fully saturated rings. The number of para-hydroxylation sites is 4. The molecule has 0 bridgehead atoms. The lowest BCUT2D eigenvalue weighted by molar-refractivity contribution is 0.0966. The highest BCUT2D eigenvalue weighted by molar-refractivity contribution is 6.13. The summed E-state index contributed by atoms with van der Waals surface area (Å²) in [4.78, 5) is 31.0. The normalized spacial score (nSPS) is 17.9. The molecule has 2 atom stereocenters. The predicted molar refractivity (Wildman–Crippen MR) is 159 cm³/mol. The van der Waals surface area contributed by atoms with Crippen LogP contribution in [0.3, 0.4) is 0 Å². The number of carbonyl (C=O) groups is 2. The van der Waals surface area contributed by atoms with Gasteiger partial charge in [-0.05, 0) is 59.7 Å². The molecule has 6 nitrogen and oxygen atoms in total. The van der Waals surface area contributed by atoms with Crippen LogP contribution in [0.2, 0.25) is 0 Å². The minimum atomic E-state index is -0.397. The lowest BCUT2D eigenvalue weighted by atomic mass is 9.99. The predicted octanol–water partition coefficient (Wildman–Crippen LogP) is 7.23. The van der Waals surface area contributed by atoms with E-state index in [1.807, 2.05) is 133 Å². The Hall–Kier alpha value is -5.36. The molecule has 2 N–H and O–H groups in total. The summed E-state index contributed by atoms with van der Waals surface area (Å²) in [6.07, 6.45) is -0.795. The Morgan fingerprint density at radius 2 is 0.775 bits per heavy atom. The van der Waals surface area contributed by atoms with Crippen molar-refractivity contribution >= 4 is 34.6 Å². The third kappa shape index (κ3) is 3.98. The number of benzene rings is 5. The molecule has 2 aliphatic rings. The van der Waals surface area contributed by atoms with Gasteiger partial charge < -0.3 is 10.6 Å². The fraction of sp³-hybridized carbons (Fsp3) is 0.0588. The summed E-state index contributed by atoms with van der Waals surface area (Å²) in [5.41, 5.74) is 6.39. The summed E-state index contributed by atoms with van der Waals surface area (Å²) >= 11 is 0. The number of nitrogens with one attached hydrogen (secondary N) is 2. The van der Waals surface area contributed by atoms with Gasteiger partial charge >= 0.3 is 0 Å². The molecule has 7 rings (SSSR count). The Morgan fingerprint density at radius 1 is 0.425 bits per heavy atom. The molecule has 5 aromatic rings. The fourth-order valence-electron chi connectivity index (χ4n) is 5.54. The van der Waals surface area contributed by atoms with Crippen LogP contribution in [0.25, 0.3) is 0 Å². The van der Waals surface area contributed by atoms with Crippen LogP contribution in [-0.2, 0) is 0 Å². The second-order valence-electron chi connectivity index (χ2n) is 9.87. The van der Waals surface area contributed by atoms with Crippen LogP contribution < -0.4 is 20.4 Å². The molecular formula is C34H26N4O2. The Morgan fingerprint density at radius 3 is 1.18 bits per heavy atom. The van der Waals surface area contributed by atoms with Gasteiger partial charge in [-0.25, -0.2) is 0 Å². The van der Waals surface area contributed by atoms with Crippen LogP contribution in [-0.4, -0.2) is 11.8 Å². The first-order valence-corrected chi connectivity index (χ1v) is 13.3. The topological polar surface area (TPSA) is 64.7 Å². The average Bonchev–Trinajstić information content (AvgIpc) is 3.02. The van der Waals surface area contributed by atoms with E-state index in [1.165, 1.54) is 0 Å². The van der Waals surface area contributed by atoms with Crippen molar-refractivity contribution in [3.05, 3.63) is 156 Å². The molecule has 0 spiro atoms. The van der Waals surface area contributed by atoms with Crippen molar-refractivity contribution in [3.8, 4) is 0 Å². The van der Waals surface area contributed by atoms with E-state index in [2.05, 4.69) is 10.6 Å². The Balaban J connectivity index is 1.28. The van der Waals surface area contributed by atoms with E-state index in [0.29, 0.717) is 11.1 Å². The molecule has 0 aliphatic carbocycles. The second kappa shape index (κ2) is 9.75. The number of nitrogens with zero attached hydrogens (tertiary/aromatic N) is 2. The van der Waals surface area contributed by atoms with Gasteiger partial charge in [-0.15, -0.1) is 0 Å². The molecule has 2 amide bonds. The van der Waals surface area contributed by atoms with E-state index in [-0.39, 0.29) is 11.8 Å². The van der Waals surface area contributed by atoms with E-state index in [4.69, 9.17) is 0 Å². The van der Waals surface area contributed by atoms with Crippen molar-refractivity contribution in [2.75, 3.05) is 20.4 Å². The van der Waals surface area contributed by atoms with Gasteiger partial charge in [0.25, 0.3) is 11.8 Å². The van der Waals surface area contributed by atoms with Gasteiger partial charge in [-0.3, -0.25) is 19.4 Å². The van der Waals surface area contributed by atoms with Crippen molar-refractivity contribution in [1.82, 2.24) is 0 Å². The Kier molecular flexibility index (Phi) is 5.78. The van der Waals surface area contributed by atoms with Crippen LogP contribution in [0.4, 0.5) is 22.7 Å². The van der Waals surface area contributed by atoms with E-state index >= 15 is 0 Å². The molecule has 0 saturated carbocycles. The van der Waals surface area contributed by atoms with Gasteiger partial charge in [0, 0.05) is 22.7 Å². The number of rotatable bonds is 4. The second-order valence-corrected chi connectivity index (χ2v) is 9.87. The van der Waals surface area contributed by atoms with Crippen molar-refractivity contribution in [2.45, 2.75) is 12.3 Å². The summed E-state index contributed by atoms with van der Waals surface area (Å²) in [5.74, 6) is -0.109. The first-order chi connectivity index (χ1) is 19.7. The number of fused-ring (bicyclic) bond motifs is 2. The Labute approximate surface area is 232 Å². The van der Waals surface area contributed by atoms with Crippen LogP contribution in [0.5, 0.6) is 0 Å². The molecule has 40 heavy (non-hydrogen) atoms. The Bertz CT molecular complexity index is 1580. The SMILES string of the molecule is O=C1c2ccccc2N[C@H](c2ccc([C@@H]3Nc4ccccc4C(=O)N3c3ccccc3)cc2)N1c1ccccc1. The van der Waals surface area contributed by atoms with Crippen LogP contribution in [0.1, 0.15) is 44.2 Å². The molecule has 2 aliphatic heterocycles. The average molecular weight is 523 g/mol. The number of carbonyl (C=O) groups excluding carboxylic acids is 2. The maximum absolute atomic E-state index is 13.7. The van der Waals surface area contributed by atoms with Crippen molar-refractivity contribution < 1.29 is 9.59 Å². The third-order valence-electron chi connectivity index (χ3n) is 7.49. The van der Waals surface area contributed by atoms with Gasteiger partial charge in [0.05, 0.1) is 11.1 Å². The first-order valence-electron chi connectivity index (χ1n) is 13.3. The number of hydrogen-bond donors (Lipinski definition) is 2. The molecular weight excluding hydrogens is 496 g/mol. The summed E-state index contributed by atoms with van der Waals surface area (Å²) in [7, 11) is 0. The molecule has 6 heteroatoms. The largest absolute Gasteiger partial charge is 0.360 e. The van der Waals surface area contributed by atoms with Gasteiger partial charge in [0.15, 0.2) is 0 Å². The zero-order chi connectivity index (χ0) is 27.1. The third-order valence-corrected chi connectivity index (χ3v) is 7.49. The lowest BCUT2D eigenvalue weighted by Crippen LogP contribution is -2.43. The van der Waals surface area contributed by atoms with Crippen LogP contribution >= 0.6 is 0 Å². The molecule has 2 heterocycles. The van der Waals surface area contributed by atoms with E-state index in [1.54, 1.807) is 9.80 Å². The summed E-state index contributed by atoms with van der Waals surface area (Å²) < 4.78 is 0. The van der Waals surface area contributed by atoms with Gasteiger partial charge in [0.1, 0.15) is 12.3 Å². The van der Waals surface area contributed by atoms with Gasteiger partial charge in [0.2, 0.25) is 0 Å². The molecule has 5 aromatic carbocycles. The highest BCUT2D eigenvalue weighted by Crippen LogP contribution is 2.39. The van der Waals surface area contributed by atoms with Gasteiger partial charge in [-0.1, -0.05) is 84.9 Å². The summed E-state index contributed by atoms with van der Waals surface area (Å²) in [6, 6.07) is 42.7. The smallest absolute Gasteiger partial charge is 0.262 e. The molecule has 194 valence electrons. The van der Waals surface area contributed by atoms with E-state index < -0.39 is 12.3 Å². The highest BCUT2D eigenvalue weighted by atomic mass is 16.2. The maximum Gasteiger partial charge on any atom is 0.262 e. The van der Waals surface area contributed by atoms with Crippen molar-refractivity contribution in [3.63, 3.8) is 0 Å². The minimum absolute atomic E-state index is 0.0546. The maximum atomic E-state index is 13.7. The number of anilines is 4. The molecule has 0 unspecified atom stereocenters. The molecule has 0 aromatic heterocycles. The minimum Gasteiger partial charge on any atom is -0.360 e. The monoisotopic (exact) mass is 522 g/mol. The molecule has 0 saturated heterocycles. The lowest BCUT2D eigenvalue weighted by Gasteiger charge is -2.39. The molecule has 0 radical (unpaired) electrons. The standard InChI is InChI=1S/C34H26N4O2/c39-33-27-15-7-9-17-29(27)35-31(37(33)25-11-3-1-4-12-25)23-19-21-24(22-20-23)32-36-30-18-10-8-16-28(30)34(40)38(32)26-13-5-2-6-14-26/h1-22,31-32,35-36H/t31-,32+. The summed E-state index contributed by atoms with van der Waals surface area (Å²) in [5, 5.41) is 7.14. The number of amides is 2. The summed E-state index contributed by atoms with van der Waals surface area (Å²) in [6.45, 7) is 0.